The third-order valence-electron chi connectivity index (χ3n) is 5.15. The maximum Gasteiger partial charge on any atom is 0.330 e. The zero-order valence-corrected chi connectivity index (χ0v) is 12.8. The average molecular weight is 278 g/mol. The molecule has 2 heteroatoms. The Morgan fingerprint density at radius 1 is 0.850 bits per heavy atom. The van der Waals surface area contributed by atoms with E-state index in [-0.39, 0.29) is 12.1 Å². The second kappa shape index (κ2) is 8.49. The van der Waals surface area contributed by atoms with Crippen LogP contribution in [0.1, 0.15) is 77.0 Å². The van der Waals surface area contributed by atoms with Gasteiger partial charge in [0.15, 0.2) is 0 Å². The molecule has 2 aliphatic rings. The number of hydrogen-bond donors (Lipinski definition) is 0. The van der Waals surface area contributed by atoms with E-state index in [4.69, 9.17) is 4.74 Å². The number of hydrogen-bond acceptors (Lipinski definition) is 2. The number of carbonyl (C=O) groups is 1. The maximum atomic E-state index is 11.7. The highest BCUT2D eigenvalue weighted by Crippen LogP contribution is 2.36. The summed E-state index contributed by atoms with van der Waals surface area (Å²) in [5, 5.41) is 0. The maximum absolute atomic E-state index is 11.7. The molecule has 0 bridgehead atoms. The van der Waals surface area contributed by atoms with E-state index in [1.165, 1.54) is 83.1 Å². The molecule has 0 aromatic heterocycles. The lowest BCUT2D eigenvalue weighted by molar-refractivity contribution is -0.150. The van der Waals surface area contributed by atoms with Gasteiger partial charge >= 0.3 is 5.97 Å². The van der Waals surface area contributed by atoms with Crippen molar-refractivity contribution in [3.05, 3.63) is 12.7 Å². The molecule has 0 amide bonds. The molecule has 0 spiro atoms. The van der Waals surface area contributed by atoms with Crippen LogP contribution in [0.15, 0.2) is 12.7 Å². The number of carbonyl (C=O) groups excluding carboxylic acids is 1. The molecule has 0 N–H and O–H groups in total. The van der Waals surface area contributed by atoms with Gasteiger partial charge in [-0.05, 0) is 37.5 Å². The smallest absolute Gasteiger partial charge is 0.330 e. The summed E-state index contributed by atoms with van der Waals surface area (Å²) in [6.07, 6.45) is 17.1. The van der Waals surface area contributed by atoms with Gasteiger partial charge in [-0.15, -0.1) is 0 Å². The lowest BCUT2D eigenvalue weighted by Gasteiger charge is -2.32. The van der Waals surface area contributed by atoms with Gasteiger partial charge in [0.05, 0.1) is 0 Å². The van der Waals surface area contributed by atoms with Gasteiger partial charge < -0.3 is 4.74 Å². The van der Waals surface area contributed by atoms with Crippen LogP contribution in [-0.2, 0) is 9.53 Å². The molecule has 0 radical (unpaired) electrons. The van der Waals surface area contributed by atoms with Crippen LogP contribution in [0, 0.1) is 11.8 Å². The van der Waals surface area contributed by atoms with Crippen molar-refractivity contribution in [3.8, 4) is 0 Å². The minimum absolute atomic E-state index is 0.150. The molecule has 2 nitrogen and oxygen atoms in total. The average Bonchev–Trinajstić information content (AvgIpc) is 2.89. The van der Waals surface area contributed by atoms with Crippen molar-refractivity contribution in [1.29, 1.82) is 0 Å². The zero-order chi connectivity index (χ0) is 14.2. The highest BCUT2D eigenvalue weighted by atomic mass is 16.5. The standard InChI is InChI=1S/C18H30O2/c1-2-17(19)20-18(15-11-7-3-4-8-12-15)16-13-9-5-6-10-14-16/h2,15-16,18H,1,3-14H2. The van der Waals surface area contributed by atoms with E-state index in [2.05, 4.69) is 6.58 Å². The fourth-order valence-electron chi connectivity index (χ4n) is 4.04. The normalized spacial score (nSPS) is 23.1. The van der Waals surface area contributed by atoms with Crippen LogP contribution in [0.4, 0.5) is 0 Å². The van der Waals surface area contributed by atoms with E-state index in [1.807, 2.05) is 0 Å². The first-order valence-electron chi connectivity index (χ1n) is 8.64. The molecule has 2 rings (SSSR count). The topological polar surface area (TPSA) is 26.3 Å². The summed E-state index contributed by atoms with van der Waals surface area (Å²) in [6, 6.07) is 0. The predicted octanol–water partition coefficient (Wildman–Crippen LogP) is 5.03. The van der Waals surface area contributed by atoms with Crippen LogP contribution < -0.4 is 0 Å². The van der Waals surface area contributed by atoms with Crippen molar-refractivity contribution >= 4 is 5.97 Å². The van der Waals surface area contributed by atoms with Crippen LogP contribution in [0.2, 0.25) is 0 Å². The number of esters is 1. The monoisotopic (exact) mass is 278 g/mol. The SMILES string of the molecule is C=CC(=O)OC(C1CCCCCC1)C1CCCCCC1. The Bertz CT molecular complexity index is 275. The summed E-state index contributed by atoms with van der Waals surface area (Å²) >= 11 is 0. The number of ether oxygens (including phenoxy) is 1. The molecule has 0 unspecified atom stereocenters. The Balaban J connectivity index is 2.04. The van der Waals surface area contributed by atoms with Crippen molar-refractivity contribution in [2.75, 3.05) is 0 Å². The van der Waals surface area contributed by atoms with E-state index in [1.54, 1.807) is 0 Å². The molecule has 0 atom stereocenters. The highest BCUT2D eigenvalue weighted by Gasteiger charge is 2.32. The second-order valence-corrected chi connectivity index (χ2v) is 6.61. The van der Waals surface area contributed by atoms with Gasteiger partial charge in [0.2, 0.25) is 0 Å². The fourth-order valence-corrected chi connectivity index (χ4v) is 4.04. The molecule has 0 aromatic carbocycles. The van der Waals surface area contributed by atoms with Gasteiger partial charge in [-0.1, -0.05) is 57.9 Å². The molecular weight excluding hydrogens is 248 g/mol. The van der Waals surface area contributed by atoms with Crippen molar-refractivity contribution in [1.82, 2.24) is 0 Å². The molecule has 0 aliphatic heterocycles. The van der Waals surface area contributed by atoms with Gasteiger partial charge in [0, 0.05) is 6.08 Å². The first kappa shape index (κ1) is 15.6. The Labute approximate surface area is 124 Å². The van der Waals surface area contributed by atoms with Crippen molar-refractivity contribution in [2.24, 2.45) is 11.8 Å². The zero-order valence-electron chi connectivity index (χ0n) is 12.8. The molecule has 0 aromatic rings. The van der Waals surface area contributed by atoms with E-state index >= 15 is 0 Å². The Morgan fingerprint density at radius 2 is 1.25 bits per heavy atom. The van der Waals surface area contributed by atoms with Gasteiger partial charge in [0.1, 0.15) is 6.10 Å². The highest BCUT2D eigenvalue weighted by molar-refractivity contribution is 5.81. The third-order valence-corrected chi connectivity index (χ3v) is 5.15. The Hall–Kier alpha value is -0.790. The van der Waals surface area contributed by atoms with E-state index < -0.39 is 0 Å². The Morgan fingerprint density at radius 3 is 1.60 bits per heavy atom. The van der Waals surface area contributed by atoms with Crippen LogP contribution in [0.25, 0.3) is 0 Å². The second-order valence-electron chi connectivity index (χ2n) is 6.61. The Kier molecular flexibility index (Phi) is 6.62. The molecule has 0 saturated heterocycles. The van der Waals surface area contributed by atoms with E-state index in [0.717, 1.165) is 0 Å². The molecule has 2 fully saturated rings. The first-order valence-corrected chi connectivity index (χ1v) is 8.64. The number of rotatable bonds is 4. The van der Waals surface area contributed by atoms with Crippen LogP contribution >= 0.6 is 0 Å². The summed E-state index contributed by atoms with van der Waals surface area (Å²) in [5.74, 6) is 0.956. The van der Waals surface area contributed by atoms with Crippen LogP contribution in [-0.4, -0.2) is 12.1 Å². The molecule has 2 saturated carbocycles. The lowest BCUT2D eigenvalue weighted by atomic mass is 9.82. The van der Waals surface area contributed by atoms with Gasteiger partial charge in [-0.25, -0.2) is 4.79 Å². The molecule has 0 heterocycles. The predicted molar refractivity (Wildman–Crippen MR) is 82.5 cm³/mol. The van der Waals surface area contributed by atoms with E-state index in [0.29, 0.717) is 11.8 Å². The summed E-state index contributed by atoms with van der Waals surface area (Å²) in [6.45, 7) is 3.57. The summed E-state index contributed by atoms with van der Waals surface area (Å²) in [7, 11) is 0. The van der Waals surface area contributed by atoms with Crippen molar-refractivity contribution < 1.29 is 9.53 Å². The largest absolute Gasteiger partial charge is 0.459 e. The molecule has 114 valence electrons. The van der Waals surface area contributed by atoms with E-state index in [9.17, 15) is 4.79 Å². The fraction of sp³-hybridized carbons (Fsp3) is 0.833. The molecule has 20 heavy (non-hydrogen) atoms. The van der Waals surface area contributed by atoms with Crippen molar-refractivity contribution in [3.63, 3.8) is 0 Å². The lowest BCUT2D eigenvalue weighted by Crippen LogP contribution is -2.33. The van der Waals surface area contributed by atoms with Crippen molar-refractivity contribution in [2.45, 2.75) is 83.2 Å². The third kappa shape index (κ3) is 4.64. The minimum atomic E-state index is -0.219. The minimum Gasteiger partial charge on any atom is -0.459 e. The summed E-state index contributed by atoms with van der Waals surface area (Å²) in [5.41, 5.74) is 0. The van der Waals surface area contributed by atoms with Crippen LogP contribution in [0.5, 0.6) is 0 Å². The van der Waals surface area contributed by atoms with Gasteiger partial charge in [-0.2, -0.15) is 0 Å². The first-order chi connectivity index (χ1) is 9.81. The van der Waals surface area contributed by atoms with Gasteiger partial charge in [-0.3, -0.25) is 0 Å². The quantitative estimate of drug-likeness (QED) is 0.410. The molecular formula is C18H30O2. The summed E-state index contributed by atoms with van der Waals surface area (Å²) in [4.78, 5) is 11.7. The van der Waals surface area contributed by atoms with Gasteiger partial charge in [0.25, 0.3) is 0 Å². The summed E-state index contributed by atoms with van der Waals surface area (Å²) < 4.78 is 5.83. The van der Waals surface area contributed by atoms with Crippen LogP contribution in [0.3, 0.4) is 0 Å². The molecule has 2 aliphatic carbocycles.